The number of imide groups is 1. The van der Waals surface area contributed by atoms with Crippen LogP contribution in [-0.4, -0.2) is 23.0 Å². The van der Waals surface area contributed by atoms with Gasteiger partial charge in [-0.15, -0.1) is 0 Å². The first-order valence-corrected chi connectivity index (χ1v) is 6.14. The van der Waals surface area contributed by atoms with E-state index in [1.165, 1.54) is 0 Å². The highest BCUT2D eigenvalue weighted by molar-refractivity contribution is 14.1. The summed E-state index contributed by atoms with van der Waals surface area (Å²) in [6.45, 7) is 0. The largest absolute Gasteiger partial charge is 0.481 e. The van der Waals surface area contributed by atoms with Gasteiger partial charge in [0.1, 0.15) is 0 Å². The lowest BCUT2D eigenvalue weighted by Crippen LogP contribution is -2.34. The molecule has 0 fully saturated rings. The first-order chi connectivity index (χ1) is 8.49. The number of anilines is 1. The van der Waals surface area contributed by atoms with E-state index in [1.54, 1.807) is 12.1 Å². The van der Waals surface area contributed by atoms with E-state index in [0.29, 0.717) is 5.69 Å². The molecule has 0 aliphatic heterocycles. The number of amides is 3. The fourth-order valence-electron chi connectivity index (χ4n) is 1.13. The minimum Gasteiger partial charge on any atom is -0.481 e. The van der Waals surface area contributed by atoms with Crippen molar-refractivity contribution < 1.29 is 19.5 Å². The molecule has 6 nitrogen and oxygen atoms in total. The number of hydrogen-bond donors (Lipinski definition) is 3. The summed E-state index contributed by atoms with van der Waals surface area (Å²) in [4.78, 5) is 32.9. The molecular formula is C11H11IN2O4. The van der Waals surface area contributed by atoms with Crippen molar-refractivity contribution >= 4 is 46.2 Å². The average molecular weight is 362 g/mol. The van der Waals surface area contributed by atoms with E-state index < -0.39 is 17.9 Å². The molecular weight excluding hydrogens is 351 g/mol. The highest BCUT2D eigenvalue weighted by atomic mass is 127. The van der Waals surface area contributed by atoms with E-state index in [0.717, 1.165) is 3.57 Å². The van der Waals surface area contributed by atoms with Crippen LogP contribution in [0.4, 0.5) is 10.5 Å². The Kier molecular flexibility index (Phi) is 5.56. The minimum absolute atomic E-state index is 0.228. The minimum atomic E-state index is -1.08. The number of carbonyl (C=O) groups excluding carboxylic acids is 2. The molecule has 96 valence electrons. The second-order valence-corrected chi connectivity index (χ2v) is 4.54. The SMILES string of the molecule is O=C(O)CCC(=O)NC(=O)Nc1ccccc1I. The summed E-state index contributed by atoms with van der Waals surface area (Å²) in [5.41, 5.74) is 0.585. The molecule has 0 unspecified atom stereocenters. The Bertz CT molecular complexity index is 476. The monoisotopic (exact) mass is 362 g/mol. The van der Waals surface area contributed by atoms with Gasteiger partial charge < -0.3 is 10.4 Å². The summed E-state index contributed by atoms with van der Waals surface area (Å²) in [5, 5.41) is 12.9. The Balaban J connectivity index is 2.45. The molecule has 0 saturated heterocycles. The molecule has 3 N–H and O–H groups in total. The molecule has 1 rings (SSSR count). The van der Waals surface area contributed by atoms with E-state index in [1.807, 2.05) is 34.7 Å². The van der Waals surface area contributed by atoms with Gasteiger partial charge in [0.15, 0.2) is 0 Å². The van der Waals surface area contributed by atoms with Crippen LogP contribution in [0.5, 0.6) is 0 Å². The van der Waals surface area contributed by atoms with E-state index in [4.69, 9.17) is 5.11 Å². The number of nitrogens with one attached hydrogen (secondary N) is 2. The van der Waals surface area contributed by atoms with Crippen LogP contribution in [0.1, 0.15) is 12.8 Å². The molecule has 1 aromatic rings. The van der Waals surface area contributed by atoms with Crippen LogP contribution < -0.4 is 10.6 Å². The van der Waals surface area contributed by atoms with Gasteiger partial charge in [-0.2, -0.15) is 0 Å². The zero-order chi connectivity index (χ0) is 13.5. The smallest absolute Gasteiger partial charge is 0.325 e. The van der Waals surface area contributed by atoms with Crippen molar-refractivity contribution in [3.8, 4) is 0 Å². The normalized spacial score (nSPS) is 9.61. The summed E-state index contributed by atoms with van der Waals surface area (Å²) in [6.07, 6.45) is -0.531. The van der Waals surface area contributed by atoms with E-state index in [2.05, 4.69) is 10.6 Å². The number of carboxylic acid groups (broad SMARTS) is 1. The van der Waals surface area contributed by atoms with Crippen LogP contribution in [0.2, 0.25) is 0 Å². The maximum atomic E-state index is 11.4. The van der Waals surface area contributed by atoms with Crippen molar-refractivity contribution in [1.29, 1.82) is 0 Å². The molecule has 0 radical (unpaired) electrons. The quantitative estimate of drug-likeness (QED) is 0.712. The number of urea groups is 1. The maximum absolute atomic E-state index is 11.4. The topological polar surface area (TPSA) is 95.5 Å². The van der Waals surface area contributed by atoms with Crippen LogP contribution in [0, 0.1) is 3.57 Å². The fraction of sp³-hybridized carbons (Fsp3) is 0.182. The summed E-state index contributed by atoms with van der Waals surface area (Å²) in [6, 6.07) is 6.41. The molecule has 0 aliphatic rings. The first-order valence-electron chi connectivity index (χ1n) is 5.06. The highest BCUT2D eigenvalue weighted by Crippen LogP contribution is 2.16. The molecule has 18 heavy (non-hydrogen) atoms. The molecule has 0 aromatic heterocycles. The van der Waals surface area contributed by atoms with E-state index in [-0.39, 0.29) is 12.8 Å². The number of aliphatic carboxylic acids is 1. The molecule has 1 aromatic carbocycles. The van der Waals surface area contributed by atoms with Crippen molar-refractivity contribution in [2.24, 2.45) is 0 Å². The van der Waals surface area contributed by atoms with Gasteiger partial charge in [-0.3, -0.25) is 14.9 Å². The summed E-state index contributed by atoms with van der Waals surface area (Å²) in [5.74, 6) is -1.70. The summed E-state index contributed by atoms with van der Waals surface area (Å²) in [7, 11) is 0. The van der Waals surface area contributed by atoms with Gasteiger partial charge >= 0.3 is 12.0 Å². The van der Waals surface area contributed by atoms with Gasteiger partial charge in [0, 0.05) is 9.99 Å². The number of para-hydroxylation sites is 1. The lowest BCUT2D eigenvalue weighted by atomic mass is 10.3. The van der Waals surface area contributed by atoms with Crippen LogP contribution in [0.3, 0.4) is 0 Å². The Morgan fingerprint density at radius 2 is 1.83 bits per heavy atom. The van der Waals surface area contributed by atoms with Crippen LogP contribution in [0.15, 0.2) is 24.3 Å². The van der Waals surface area contributed by atoms with Crippen molar-refractivity contribution in [2.45, 2.75) is 12.8 Å². The second-order valence-electron chi connectivity index (χ2n) is 3.38. The van der Waals surface area contributed by atoms with Crippen molar-refractivity contribution in [3.05, 3.63) is 27.8 Å². The van der Waals surface area contributed by atoms with E-state index in [9.17, 15) is 14.4 Å². The standard InChI is InChI=1S/C11H11IN2O4/c12-7-3-1-2-4-8(7)13-11(18)14-9(15)5-6-10(16)17/h1-4H,5-6H2,(H,16,17)(H2,13,14,15,18). The van der Waals surface area contributed by atoms with Gasteiger partial charge in [0.2, 0.25) is 5.91 Å². The second kappa shape index (κ2) is 6.94. The van der Waals surface area contributed by atoms with Gasteiger partial charge in [-0.1, -0.05) is 12.1 Å². The molecule has 0 atom stereocenters. The predicted molar refractivity (Wildman–Crippen MR) is 73.2 cm³/mol. The summed E-state index contributed by atoms with van der Waals surface area (Å²) < 4.78 is 0.836. The van der Waals surface area contributed by atoms with E-state index >= 15 is 0 Å². The third kappa shape index (κ3) is 5.13. The summed E-state index contributed by atoms with van der Waals surface area (Å²) >= 11 is 2.05. The molecule has 0 bridgehead atoms. The number of halogens is 1. The molecule has 0 aliphatic carbocycles. The van der Waals surface area contributed by atoms with Crippen molar-refractivity contribution in [1.82, 2.24) is 5.32 Å². The number of carbonyl (C=O) groups is 3. The number of benzene rings is 1. The molecule has 3 amide bonds. The molecule has 7 heteroatoms. The Morgan fingerprint density at radius 3 is 2.44 bits per heavy atom. The van der Waals surface area contributed by atoms with Gasteiger partial charge in [0.25, 0.3) is 0 Å². The third-order valence-corrected chi connectivity index (χ3v) is 2.88. The van der Waals surface area contributed by atoms with Crippen LogP contribution in [-0.2, 0) is 9.59 Å². The Hall–Kier alpha value is -1.64. The first kappa shape index (κ1) is 14.4. The average Bonchev–Trinajstić information content (AvgIpc) is 2.29. The number of carboxylic acids is 1. The Labute approximate surface area is 117 Å². The van der Waals surface area contributed by atoms with Gasteiger partial charge in [-0.25, -0.2) is 4.79 Å². The predicted octanol–water partition coefficient (Wildman–Crippen LogP) is 1.80. The molecule has 0 saturated carbocycles. The van der Waals surface area contributed by atoms with Crippen LogP contribution in [0.25, 0.3) is 0 Å². The molecule has 0 spiro atoms. The lowest BCUT2D eigenvalue weighted by Gasteiger charge is -2.07. The maximum Gasteiger partial charge on any atom is 0.325 e. The van der Waals surface area contributed by atoms with Crippen molar-refractivity contribution in [3.63, 3.8) is 0 Å². The van der Waals surface area contributed by atoms with Crippen LogP contribution >= 0.6 is 22.6 Å². The highest BCUT2D eigenvalue weighted by Gasteiger charge is 2.10. The number of rotatable bonds is 4. The zero-order valence-electron chi connectivity index (χ0n) is 9.27. The van der Waals surface area contributed by atoms with Gasteiger partial charge in [0.05, 0.1) is 12.1 Å². The van der Waals surface area contributed by atoms with Crippen molar-refractivity contribution in [2.75, 3.05) is 5.32 Å². The lowest BCUT2D eigenvalue weighted by molar-refractivity contribution is -0.138. The third-order valence-electron chi connectivity index (χ3n) is 1.94. The zero-order valence-corrected chi connectivity index (χ0v) is 11.4. The molecule has 0 heterocycles. The fourth-order valence-corrected chi connectivity index (χ4v) is 1.65. The Morgan fingerprint density at radius 1 is 1.17 bits per heavy atom. The van der Waals surface area contributed by atoms with Gasteiger partial charge in [-0.05, 0) is 34.7 Å². The number of hydrogen-bond acceptors (Lipinski definition) is 3.